The fourth-order valence-corrected chi connectivity index (χ4v) is 3.83. The van der Waals surface area contributed by atoms with Crippen LogP contribution in [0.1, 0.15) is 70.5 Å². The summed E-state index contributed by atoms with van der Waals surface area (Å²) in [6.07, 6.45) is 11.6. The summed E-state index contributed by atoms with van der Waals surface area (Å²) < 4.78 is 2.20. The van der Waals surface area contributed by atoms with Crippen molar-refractivity contribution < 1.29 is 0 Å². The van der Waals surface area contributed by atoms with Gasteiger partial charge in [-0.3, -0.25) is 4.68 Å². The van der Waals surface area contributed by atoms with Crippen molar-refractivity contribution in [3.05, 3.63) is 18.0 Å². The topological polar surface area (TPSA) is 29.9 Å². The minimum atomic E-state index is 0.666. The van der Waals surface area contributed by atoms with Crippen LogP contribution in [0.5, 0.6) is 0 Å². The van der Waals surface area contributed by atoms with Gasteiger partial charge in [0.2, 0.25) is 0 Å². The molecule has 0 saturated heterocycles. The molecule has 2 fully saturated rings. The largest absolute Gasteiger partial charge is 0.308 e. The van der Waals surface area contributed by atoms with Crippen LogP contribution in [0.25, 0.3) is 0 Å². The zero-order valence-corrected chi connectivity index (χ0v) is 13.0. The van der Waals surface area contributed by atoms with Crippen LogP contribution >= 0.6 is 0 Å². The number of rotatable bonds is 4. The number of hydrogen-bond donors (Lipinski definition) is 1. The second kappa shape index (κ2) is 6.30. The van der Waals surface area contributed by atoms with Crippen molar-refractivity contribution in [2.24, 2.45) is 11.8 Å². The second-order valence-electron chi connectivity index (χ2n) is 7.07. The Bertz CT molecular complexity index is 420. The van der Waals surface area contributed by atoms with Crippen molar-refractivity contribution in [3.8, 4) is 0 Å². The first-order valence-corrected chi connectivity index (χ1v) is 8.50. The molecule has 1 N–H and O–H groups in total. The highest BCUT2D eigenvalue weighted by atomic mass is 15.3. The van der Waals surface area contributed by atoms with E-state index in [1.54, 1.807) is 0 Å². The third-order valence-corrected chi connectivity index (χ3v) is 5.53. The fraction of sp³-hybridized carbons (Fsp3) is 0.824. The summed E-state index contributed by atoms with van der Waals surface area (Å²) >= 11 is 0. The van der Waals surface area contributed by atoms with E-state index in [1.807, 2.05) is 0 Å². The molecule has 3 nitrogen and oxygen atoms in total. The number of nitrogens with one attached hydrogen (secondary N) is 1. The van der Waals surface area contributed by atoms with E-state index in [4.69, 9.17) is 5.10 Å². The summed E-state index contributed by atoms with van der Waals surface area (Å²) in [6.45, 7) is 5.73. The maximum Gasteiger partial charge on any atom is 0.0762 e. The van der Waals surface area contributed by atoms with Gasteiger partial charge in [-0.15, -0.1) is 0 Å². The fourth-order valence-electron chi connectivity index (χ4n) is 3.83. The molecule has 1 heterocycles. The molecule has 0 aliphatic heterocycles. The maximum atomic E-state index is 4.76. The lowest BCUT2D eigenvalue weighted by Crippen LogP contribution is -2.35. The maximum absolute atomic E-state index is 4.76. The van der Waals surface area contributed by atoms with Gasteiger partial charge in [0.1, 0.15) is 0 Å². The molecule has 3 unspecified atom stereocenters. The average Bonchev–Trinajstić information content (AvgIpc) is 3.09. The Hall–Kier alpha value is -0.830. The monoisotopic (exact) mass is 275 g/mol. The molecule has 1 aromatic rings. The molecule has 3 heteroatoms. The van der Waals surface area contributed by atoms with Crippen molar-refractivity contribution in [1.29, 1.82) is 0 Å². The summed E-state index contributed by atoms with van der Waals surface area (Å²) in [6, 6.07) is 3.55. The quantitative estimate of drug-likeness (QED) is 0.903. The molecular formula is C17H29N3. The van der Waals surface area contributed by atoms with E-state index < -0.39 is 0 Å². The van der Waals surface area contributed by atoms with Gasteiger partial charge >= 0.3 is 0 Å². The van der Waals surface area contributed by atoms with Gasteiger partial charge in [0, 0.05) is 18.8 Å². The van der Waals surface area contributed by atoms with E-state index in [2.05, 4.69) is 36.1 Å². The summed E-state index contributed by atoms with van der Waals surface area (Å²) in [5.74, 6) is 1.76. The van der Waals surface area contributed by atoms with Crippen LogP contribution in [0.2, 0.25) is 0 Å². The first-order chi connectivity index (χ1) is 9.72. The molecule has 0 amide bonds. The first-order valence-electron chi connectivity index (χ1n) is 8.50. The molecule has 0 spiro atoms. The van der Waals surface area contributed by atoms with Crippen LogP contribution in [0.15, 0.2) is 12.3 Å². The second-order valence-corrected chi connectivity index (χ2v) is 7.07. The molecule has 0 radical (unpaired) electrons. The van der Waals surface area contributed by atoms with E-state index in [-0.39, 0.29) is 0 Å². The van der Waals surface area contributed by atoms with Crippen molar-refractivity contribution >= 4 is 0 Å². The Labute approximate surface area is 123 Å². The summed E-state index contributed by atoms with van der Waals surface area (Å²) in [7, 11) is 0. The average molecular weight is 275 g/mol. The molecule has 1 aromatic heterocycles. The van der Waals surface area contributed by atoms with Crippen molar-refractivity contribution in [3.63, 3.8) is 0 Å². The highest BCUT2D eigenvalue weighted by Gasteiger charge is 2.24. The van der Waals surface area contributed by atoms with Gasteiger partial charge in [-0.25, -0.2) is 0 Å². The molecule has 0 bridgehead atoms. The van der Waals surface area contributed by atoms with Gasteiger partial charge in [0.15, 0.2) is 0 Å². The highest BCUT2D eigenvalue weighted by molar-refractivity contribution is 5.00. The Kier molecular flexibility index (Phi) is 4.45. The van der Waals surface area contributed by atoms with E-state index in [1.165, 1.54) is 50.6 Å². The Morgan fingerprint density at radius 3 is 2.70 bits per heavy atom. The van der Waals surface area contributed by atoms with Crippen molar-refractivity contribution in [1.82, 2.24) is 15.1 Å². The van der Waals surface area contributed by atoms with Crippen LogP contribution in [0.4, 0.5) is 0 Å². The molecule has 2 saturated carbocycles. The lowest BCUT2D eigenvalue weighted by molar-refractivity contribution is 0.225. The van der Waals surface area contributed by atoms with E-state index in [0.717, 1.165) is 18.4 Å². The predicted molar refractivity (Wildman–Crippen MR) is 82.5 cm³/mol. The van der Waals surface area contributed by atoms with Crippen molar-refractivity contribution in [2.75, 3.05) is 0 Å². The molecule has 20 heavy (non-hydrogen) atoms. The van der Waals surface area contributed by atoms with E-state index in [0.29, 0.717) is 12.1 Å². The summed E-state index contributed by atoms with van der Waals surface area (Å²) in [4.78, 5) is 0. The first kappa shape index (κ1) is 14.1. The molecule has 3 rings (SSSR count). The Balaban J connectivity index is 1.48. The number of aromatic nitrogens is 2. The normalized spacial score (nSPS) is 31.8. The van der Waals surface area contributed by atoms with Crippen LogP contribution in [0.3, 0.4) is 0 Å². The van der Waals surface area contributed by atoms with E-state index >= 15 is 0 Å². The van der Waals surface area contributed by atoms with Crippen LogP contribution in [-0.4, -0.2) is 15.8 Å². The molecular weight excluding hydrogens is 246 g/mol. The van der Waals surface area contributed by atoms with Gasteiger partial charge < -0.3 is 5.32 Å². The minimum absolute atomic E-state index is 0.666. The SMILES string of the molecule is CC1CCC(NCc2ccn(C3CCCC3)n2)CC1C. The Morgan fingerprint density at radius 2 is 1.95 bits per heavy atom. The van der Waals surface area contributed by atoms with Gasteiger partial charge in [0.05, 0.1) is 11.7 Å². The molecule has 3 atom stereocenters. The summed E-state index contributed by atoms with van der Waals surface area (Å²) in [5, 5.41) is 8.48. The zero-order valence-electron chi connectivity index (χ0n) is 13.0. The van der Waals surface area contributed by atoms with E-state index in [9.17, 15) is 0 Å². The third-order valence-electron chi connectivity index (χ3n) is 5.53. The smallest absolute Gasteiger partial charge is 0.0762 e. The van der Waals surface area contributed by atoms with Gasteiger partial charge in [0.25, 0.3) is 0 Å². The summed E-state index contributed by atoms with van der Waals surface area (Å²) in [5.41, 5.74) is 1.21. The van der Waals surface area contributed by atoms with Crippen LogP contribution in [-0.2, 0) is 6.54 Å². The highest BCUT2D eigenvalue weighted by Crippen LogP contribution is 2.30. The molecule has 112 valence electrons. The lowest BCUT2D eigenvalue weighted by Gasteiger charge is -2.32. The molecule has 2 aliphatic carbocycles. The van der Waals surface area contributed by atoms with Gasteiger partial charge in [-0.05, 0) is 50.0 Å². The standard InChI is InChI=1S/C17H29N3/c1-13-7-8-15(11-14(13)2)18-12-16-9-10-20(19-16)17-5-3-4-6-17/h9-10,13-15,17-18H,3-8,11-12H2,1-2H3. The third kappa shape index (κ3) is 3.25. The number of hydrogen-bond acceptors (Lipinski definition) is 2. The molecule has 0 aromatic carbocycles. The Morgan fingerprint density at radius 1 is 1.15 bits per heavy atom. The number of nitrogens with zero attached hydrogens (tertiary/aromatic N) is 2. The zero-order chi connectivity index (χ0) is 13.9. The lowest BCUT2D eigenvalue weighted by atomic mass is 9.79. The van der Waals surface area contributed by atoms with Gasteiger partial charge in [-0.2, -0.15) is 5.10 Å². The van der Waals surface area contributed by atoms with Crippen molar-refractivity contribution in [2.45, 2.75) is 77.4 Å². The van der Waals surface area contributed by atoms with Crippen LogP contribution < -0.4 is 5.32 Å². The predicted octanol–water partition coefficient (Wildman–Crippen LogP) is 3.91. The van der Waals surface area contributed by atoms with Gasteiger partial charge in [-0.1, -0.05) is 26.7 Å². The molecule has 2 aliphatic rings. The van der Waals surface area contributed by atoms with Crippen LogP contribution in [0, 0.1) is 11.8 Å². The minimum Gasteiger partial charge on any atom is -0.308 e.